The molecule has 8 aromatic rings. The Morgan fingerprint density at radius 2 is 0.380 bits per heavy atom. The molecule has 368 valence electrons. The van der Waals surface area contributed by atoms with Crippen LogP contribution in [0.5, 0.6) is 0 Å². The van der Waals surface area contributed by atoms with Crippen molar-refractivity contribution in [1.29, 1.82) is 0 Å². The summed E-state index contributed by atoms with van der Waals surface area (Å²) in [4.78, 5) is 8.06. The second-order valence-corrected chi connectivity index (χ2v) is 15.0. The fourth-order valence-corrected chi connectivity index (χ4v) is 8.15. The number of rotatable bonds is 4. The zero-order chi connectivity index (χ0) is 51.0. The van der Waals surface area contributed by atoms with Crippen LogP contribution in [0.1, 0.15) is 45.0 Å². The van der Waals surface area contributed by atoms with Crippen LogP contribution in [0.25, 0.3) is 22.3 Å². The van der Waals surface area contributed by atoms with Crippen molar-refractivity contribution in [3.05, 3.63) is 231 Å². The molecule has 0 atom stereocenters. The van der Waals surface area contributed by atoms with Gasteiger partial charge in [-0.25, -0.2) is 87.8 Å². The van der Waals surface area contributed by atoms with E-state index in [9.17, 15) is 17.6 Å². The number of hydrogen-bond donors (Lipinski definition) is 0. The largest absolute Gasteiger partial charge is 2.00 e. The number of halogens is 20. The van der Waals surface area contributed by atoms with Crippen molar-refractivity contribution in [3.8, 4) is 0 Å². The van der Waals surface area contributed by atoms with Gasteiger partial charge in [-0.1, -0.05) is 24.3 Å². The molecule has 1 aliphatic rings. The molecule has 8 bridgehead atoms. The average molecular weight is 1200 g/mol. The maximum Gasteiger partial charge on any atom is 2.00 e. The average Bonchev–Trinajstić information content (AvgIpc) is 4.17. The normalized spacial score (nSPS) is 15.7. The molecule has 0 saturated heterocycles. The third-order valence-electron chi connectivity index (χ3n) is 11.4. The molecule has 0 N–H and O–H groups in total. The van der Waals surface area contributed by atoms with Crippen molar-refractivity contribution in [2.45, 2.75) is 0 Å². The summed E-state index contributed by atoms with van der Waals surface area (Å²) in [5.74, 6) is -52.4. The quantitative estimate of drug-likeness (QED) is 0.101. The maximum atomic E-state index is 16.0. The first kappa shape index (κ1) is 50.2. The molecule has 1 aliphatic heterocycles. The molecule has 4 aromatic carbocycles. The summed E-state index contributed by atoms with van der Waals surface area (Å²) in [5.41, 5.74) is -15.7. The molecule has 0 amide bonds. The first-order chi connectivity index (χ1) is 32.9. The monoisotopic (exact) mass is 1200 g/mol. The number of nitrogens with zero attached hydrogens (tertiary/aromatic N) is 4. The topological polar surface area (TPSA) is 38.1 Å². The molecule has 4 nitrogen and oxygen atoms in total. The Morgan fingerprint density at radius 1 is 0.239 bits per heavy atom. The Kier molecular flexibility index (Phi) is 12.4. The number of benzene rings is 4. The van der Waals surface area contributed by atoms with Crippen LogP contribution >= 0.6 is 0 Å². The Bertz CT molecular complexity index is 3320. The molecule has 4 aromatic heterocycles. The number of hydrogen-bond acceptors (Lipinski definition) is 0. The van der Waals surface area contributed by atoms with Crippen molar-refractivity contribution in [3.63, 3.8) is 0 Å². The molecule has 71 heavy (non-hydrogen) atoms. The van der Waals surface area contributed by atoms with Gasteiger partial charge in [-0.05, 0) is 46.6 Å². The van der Waals surface area contributed by atoms with Crippen LogP contribution in [0.2, 0.25) is 0 Å². The van der Waals surface area contributed by atoms with E-state index in [1.807, 2.05) is 0 Å². The summed E-state index contributed by atoms with van der Waals surface area (Å²) in [7, 11) is 1.62. The van der Waals surface area contributed by atoms with Gasteiger partial charge in [0.05, 0.1) is 22.3 Å². The van der Waals surface area contributed by atoms with Gasteiger partial charge in [0.1, 0.15) is 0 Å². The molecule has 0 unspecified atom stereocenters. The molecule has 0 saturated carbocycles. The van der Waals surface area contributed by atoms with Crippen LogP contribution in [-0.2, 0) is 35.2 Å². The fourth-order valence-electron chi connectivity index (χ4n) is 8.15. The summed E-state index contributed by atoms with van der Waals surface area (Å²) in [5, 5.41) is -4.02. The van der Waals surface area contributed by atoms with Gasteiger partial charge >= 0.3 is 21.1 Å². The third-order valence-corrected chi connectivity index (χ3v) is 11.4. The van der Waals surface area contributed by atoms with Gasteiger partial charge in [0.15, 0.2) is 93.1 Å². The van der Waals surface area contributed by atoms with Crippen LogP contribution in [0.3, 0.4) is 0 Å². The second kappa shape index (κ2) is 17.6. The van der Waals surface area contributed by atoms with E-state index in [2.05, 4.69) is 9.97 Å². The van der Waals surface area contributed by atoms with Gasteiger partial charge in [0.25, 0.3) is 0 Å². The van der Waals surface area contributed by atoms with Gasteiger partial charge in [-0.2, -0.15) is 0 Å². The Balaban J connectivity index is 0.00000676. The van der Waals surface area contributed by atoms with E-state index in [4.69, 9.17) is 0 Å². The molecular weight excluding hydrogens is 1180 g/mol. The van der Waals surface area contributed by atoms with Gasteiger partial charge in [-0.3, -0.25) is 0 Å². The summed E-state index contributed by atoms with van der Waals surface area (Å²) in [6.07, 6.45) is 0. The summed E-state index contributed by atoms with van der Waals surface area (Å²) >= 11 is 0. The minimum atomic E-state index is -2.71. The predicted octanol–water partition coefficient (Wildman–Crippen LogP) is 8.36. The Hall–Kier alpha value is -7.23. The number of aromatic nitrogens is 4. The Morgan fingerprint density at radius 3 is 0.535 bits per heavy atom. The standard InChI is InChI=1S/C46H14F20N4.Pt/c1-69-15-7-8-16(69)20(24-29(49)37(57)44(64)38(58)30(24)50)12-4-6-14(68-12)22(26-33(53)41(61)46(66)42(62)34(26)54)18-10-9-17(70(18)2)21(25-31(51)39(59)45(65)40(60)32(25)52)13-5-3-11(67-13)19(15)23-27(47)35(55)43(63)36(56)28(23)48;/h3-10H,1-2H3;/q-2;+2/b19-11+,19-15?,20-12+,20-16?,21-13+,21-17?,22-14+,22-18?;. The van der Waals surface area contributed by atoms with Crippen molar-refractivity contribution in [2.75, 3.05) is 0 Å². The minimum absolute atomic E-state index is 0. The summed E-state index contributed by atoms with van der Waals surface area (Å²) in [6.45, 7) is 0. The summed E-state index contributed by atoms with van der Waals surface area (Å²) in [6, 6.07) is 5.29. The van der Waals surface area contributed by atoms with Gasteiger partial charge in [0.2, 0.25) is 23.3 Å². The molecule has 0 fully saturated rings. The maximum absolute atomic E-state index is 16.0. The Labute approximate surface area is 394 Å². The van der Waals surface area contributed by atoms with Crippen molar-refractivity contribution in [2.24, 2.45) is 14.1 Å². The fraction of sp³-hybridized carbons (Fsp3) is 0.0435. The van der Waals surface area contributed by atoms with Crippen molar-refractivity contribution >= 4 is 22.3 Å². The number of fused-ring (bicyclic) bond motifs is 8. The second-order valence-electron chi connectivity index (χ2n) is 15.0. The van der Waals surface area contributed by atoms with E-state index in [0.29, 0.717) is 57.7 Å². The molecule has 0 radical (unpaired) electrons. The van der Waals surface area contributed by atoms with Crippen molar-refractivity contribution < 1.29 is 109 Å². The molecule has 9 rings (SSSR count). The van der Waals surface area contributed by atoms with Gasteiger partial charge in [-0.15, -0.1) is 21.4 Å². The predicted molar refractivity (Wildman–Crippen MR) is 200 cm³/mol. The summed E-state index contributed by atoms with van der Waals surface area (Å²) < 4.78 is 307. The van der Waals surface area contributed by atoms with Crippen LogP contribution < -0.4 is 31.4 Å². The van der Waals surface area contributed by atoms with E-state index in [1.54, 1.807) is 0 Å². The van der Waals surface area contributed by atoms with Crippen LogP contribution in [0, 0.1) is 116 Å². The third kappa shape index (κ3) is 7.09. The molecule has 0 aliphatic carbocycles. The molecule has 25 heteroatoms. The van der Waals surface area contributed by atoms with Crippen LogP contribution in [-0.4, -0.2) is 9.13 Å². The van der Waals surface area contributed by atoms with Crippen LogP contribution in [0.15, 0.2) is 48.5 Å². The van der Waals surface area contributed by atoms with E-state index < -0.39 is 205 Å². The zero-order valence-electron chi connectivity index (χ0n) is 34.3. The van der Waals surface area contributed by atoms with Gasteiger partial charge in [0, 0.05) is 36.9 Å². The SMILES string of the molecule is Cn1c2ccc1/C(c1c(F)c(F)c(F)c(F)c1F)=c1/cc/c([n-]1)=C(\c1c(F)c(F)c(F)c(F)c1F)c1ccc(n1C)/C(c1c(F)c(F)c(F)c(F)c1F)=c1/cc/c([n-]1)=C/2c1c(F)c(F)c(F)c(F)c1F.[Pt+2]. The van der Waals surface area contributed by atoms with E-state index >= 15 is 70.2 Å². The van der Waals surface area contributed by atoms with Gasteiger partial charge < -0.3 is 19.1 Å². The first-order valence-electron chi connectivity index (χ1n) is 19.1. The van der Waals surface area contributed by atoms with Crippen molar-refractivity contribution in [1.82, 2.24) is 19.1 Å². The molecular formula is C46H14F20N4Pt. The van der Waals surface area contributed by atoms with E-state index in [1.165, 1.54) is 0 Å². The molecule has 5 heterocycles. The zero-order valence-corrected chi connectivity index (χ0v) is 36.6. The first-order valence-corrected chi connectivity index (χ1v) is 19.1. The molecule has 0 spiro atoms. The smallest absolute Gasteiger partial charge is 0.657 e. The van der Waals surface area contributed by atoms with E-state index in [-0.39, 0.29) is 21.1 Å². The van der Waals surface area contributed by atoms with E-state index in [0.717, 1.165) is 14.1 Å². The van der Waals surface area contributed by atoms with Crippen LogP contribution in [0.4, 0.5) is 87.8 Å². The minimum Gasteiger partial charge on any atom is -0.657 e.